The highest BCUT2D eigenvalue weighted by Crippen LogP contribution is 2.40. The Morgan fingerprint density at radius 1 is 1.20 bits per heavy atom. The van der Waals surface area contributed by atoms with Crippen LogP contribution in [0.25, 0.3) is 0 Å². The third-order valence-corrected chi connectivity index (χ3v) is 4.97. The summed E-state index contributed by atoms with van der Waals surface area (Å²) in [6.45, 7) is 8.06. The molecule has 1 aromatic carbocycles. The minimum Gasteiger partial charge on any atom is -0.462 e. The lowest BCUT2D eigenvalue weighted by molar-refractivity contribution is 0.0526. The Morgan fingerprint density at radius 3 is 2.40 bits per heavy atom. The second kappa shape index (κ2) is 10.9. The van der Waals surface area contributed by atoms with Crippen LogP contribution in [0.4, 0.5) is 0 Å². The predicted molar refractivity (Wildman–Crippen MR) is 104 cm³/mol. The van der Waals surface area contributed by atoms with Crippen LogP contribution in [-0.2, 0) is 4.74 Å². The van der Waals surface area contributed by atoms with Crippen LogP contribution < -0.4 is 11.5 Å². The molecule has 25 heavy (non-hydrogen) atoms. The molecular formula is C21H32N2O2. The second-order valence-electron chi connectivity index (χ2n) is 6.30. The van der Waals surface area contributed by atoms with Crippen LogP contribution in [0.15, 0.2) is 54.6 Å². The number of allylic oxidation sites excluding steroid dienone is 2. The minimum atomic E-state index is -0.256. The van der Waals surface area contributed by atoms with E-state index in [-0.39, 0.29) is 11.4 Å². The van der Waals surface area contributed by atoms with Gasteiger partial charge in [0.05, 0.1) is 12.2 Å². The lowest BCUT2D eigenvalue weighted by Gasteiger charge is -2.42. The summed E-state index contributed by atoms with van der Waals surface area (Å²) in [5.74, 6) is 0.725. The molecule has 0 spiro atoms. The molecule has 0 radical (unpaired) electrons. The third kappa shape index (κ3) is 5.55. The standard InChI is InChI=1S/C12H22N2.C9H10O2/c1-3-10(2)12(9-14)7-5-4-6-11(12)8-13;1-2-11-9(10)8-6-4-3-5-7-8/h4-7,10-11H,3,8-9,13-14H2,1-2H3;3-7H,2H2,1H3. The monoisotopic (exact) mass is 344 g/mol. The molecule has 4 N–H and O–H groups in total. The van der Waals surface area contributed by atoms with E-state index < -0.39 is 0 Å². The maximum atomic E-state index is 11.0. The van der Waals surface area contributed by atoms with Crippen molar-refractivity contribution in [2.45, 2.75) is 27.2 Å². The van der Waals surface area contributed by atoms with Gasteiger partial charge in [0, 0.05) is 12.0 Å². The maximum absolute atomic E-state index is 11.0. The molecule has 1 aliphatic carbocycles. The summed E-state index contributed by atoms with van der Waals surface area (Å²) in [4.78, 5) is 11.0. The van der Waals surface area contributed by atoms with Crippen LogP contribution in [0.2, 0.25) is 0 Å². The molecule has 0 heterocycles. The summed E-state index contributed by atoms with van der Waals surface area (Å²) < 4.78 is 4.79. The SMILES string of the molecule is CCC(C)C1(CN)C=CC=CC1CN.CCOC(=O)c1ccccc1. The summed E-state index contributed by atoms with van der Waals surface area (Å²) >= 11 is 0. The van der Waals surface area contributed by atoms with E-state index in [1.165, 1.54) is 0 Å². The van der Waals surface area contributed by atoms with Crippen molar-refractivity contribution in [1.82, 2.24) is 0 Å². The number of carbonyl (C=O) groups excluding carboxylic acids is 1. The van der Waals surface area contributed by atoms with Gasteiger partial charge in [-0.1, -0.05) is 62.8 Å². The van der Waals surface area contributed by atoms with Crippen molar-refractivity contribution in [1.29, 1.82) is 0 Å². The van der Waals surface area contributed by atoms with E-state index in [0.29, 0.717) is 37.1 Å². The molecule has 2 rings (SSSR count). The van der Waals surface area contributed by atoms with Crippen molar-refractivity contribution in [3.63, 3.8) is 0 Å². The van der Waals surface area contributed by atoms with Crippen LogP contribution in [-0.4, -0.2) is 25.7 Å². The Bertz CT molecular complexity index is 569. The summed E-state index contributed by atoms with van der Waals surface area (Å²) in [6.07, 6.45) is 9.77. The zero-order valence-electron chi connectivity index (χ0n) is 15.7. The van der Waals surface area contributed by atoms with E-state index in [1.807, 2.05) is 18.2 Å². The highest BCUT2D eigenvalue weighted by atomic mass is 16.5. The zero-order chi connectivity index (χ0) is 18.7. The van der Waals surface area contributed by atoms with Gasteiger partial charge >= 0.3 is 5.97 Å². The van der Waals surface area contributed by atoms with Gasteiger partial charge < -0.3 is 16.2 Å². The van der Waals surface area contributed by atoms with Crippen LogP contribution in [0.5, 0.6) is 0 Å². The summed E-state index contributed by atoms with van der Waals surface area (Å²) in [7, 11) is 0. The summed E-state index contributed by atoms with van der Waals surface area (Å²) in [5, 5.41) is 0. The number of ether oxygens (including phenoxy) is 1. The normalized spacial score (nSPS) is 22.7. The molecule has 4 heteroatoms. The topological polar surface area (TPSA) is 78.3 Å². The van der Waals surface area contributed by atoms with Crippen LogP contribution in [0, 0.1) is 17.3 Å². The van der Waals surface area contributed by atoms with Gasteiger partial charge in [0.25, 0.3) is 0 Å². The van der Waals surface area contributed by atoms with Crippen molar-refractivity contribution < 1.29 is 9.53 Å². The lowest BCUT2D eigenvalue weighted by atomic mass is 9.64. The van der Waals surface area contributed by atoms with Crippen LogP contribution in [0.3, 0.4) is 0 Å². The van der Waals surface area contributed by atoms with Gasteiger partial charge in [-0.15, -0.1) is 0 Å². The highest BCUT2D eigenvalue weighted by molar-refractivity contribution is 5.89. The fourth-order valence-electron chi connectivity index (χ4n) is 3.15. The predicted octanol–water partition coefficient (Wildman–Crippen LogP) is 3.54. The lowest BCUT2D eigenvalue weighted by Crippen LogP contribution is -2.44. The Kier molecular flexibility index (Phi) is 9.17. The van der Waals surface area contributed by atoms with E-state index in [1.54, 1.807) is 19.1 Å². The van der Waals surface area contributed by atoms with Gasteiger partial charge in [-0.3, -0.25) is 0 Å². The molecule has 0 saturated heterocycles. The first-order valence-corrected chi connectivity index (χ1v) is 9.04. The van der Waals surface area contributed by atoms with E-state index in [2.05, 4.69) is 38.2 Å². The number of carbonyl (C=O) groups is 1. The number of rotatable bonds is 6. The largest absolute Gasteiger partial charge is 0.462 e. The molecule has 0 fully saturated rings. The number of hydrogen-bond acceptors (Lipinski definition) is 4. The van der Waals surface area contributed by atoms with Gasteiger partial charge in [0.2, 0.25) is 0 Å². The molecule has 0 aromatic heterocycles. The van der Waals surface area contributed by atoms with Crippen molar-refractivity contribution in [2.75, 3.05) is 19.7 Å². The second-order valence-corrected chi connectivity index (χ2v) is 6.30. The smallest absolute Gasteiger partial charge is 0.338 e. The first kappa shape index (κ1) is 21.1. The average molecular weight is 344 g/mol. The third-order valence-electron chi connectivity index (χ3n) is 4.97. The molecular weight excluding hydrogens is 312 g/mol. The molecule has 0 aliphatic heterocycles. The first-order valence-electron chi connectivity index (χ1n) is 9.04. The van der Waals surface area contributed by atoms with Gasteiger partial charge in [-0.05, 0) is 37.4 Å². The van der Waals surface area contributed by atoms with Crippen molar-refractivity contribution in [2.24, 2.45) is 28.7 Å². The molecule has 0 bridgehead atoms. The molecule has 1 aromatic rings. The quantitative estimate of drug-likeness (QED) is 0.774. The fourth-order valence-corrected chi connectivity index (χ4v) is 3.15. The molecule has 4 nitrogen and oxygen atoms in total. The molecule has 3 atom stereocenters. The van der Waals surface area contributed by atoms with Gasteiger partial charge in [-0.2, -0.15) is 0 Å². The van der Waals surface area contributed by atoms with E-state index in [4.69, 9.17) is 16.2 Å². The Balaban J connectivity index is 0.000000257. The molecule has 0 amide bonds. The Labute approximate surface area is 151 Å². The Hall–Kier alpha value is -1.91. The minimum absolute atomic E-state index is 0.0816. The zero-order valence-corrected chi connectivity index (χ0v) is 15.7. The van der Waals surface area contributed by atoms with Crippen LogP contribution in [0.1, 0.15) is 37.6 Å². The van der Waals surface area contributed by atoms with Crippen molar-refractivity contribution in [3.05, 3.63) is 60.2 Å². The maximum Gasteiger partial charge on any atom is 0.338 e. The number of benzene rings is 1. The van der Waals surface area contributed by atoms with Crippen molar-refractivity contribution >= 4 is 5.97 Å². The van der Waals surface area contributed by atoms with Gasteiger partial charge in [0.1, 0.15) is 0 Å². The molecule has 3 unspecified atom stereocenters. The molecule has 0 saturated carbocycles. The fraction of sp³-hybridized carbons (Fsp3) is 0.476. The summed E-state index contributed by atoms with van der Waals surface area (Å²) in [5.41, 5.74) is 12.4. The van der Waals surface area contributed by atoms with Crippen LogP contribution >= 0.6 is 0 Å². The van der Waals surface area contributed by atoms with Gasteiger partial charge in [-0.25, -0.2) is 4.79 Å². The number of hydrogen-bond donors (Lipinski definition) is 2. The number of nitrogens with two attached hydrogens (primary N) is 2. The Morgan fingerprint density at radius 2 is 1.88 bits per heavy atom. The average Bonchev–Trinajstić information content (AvgIpc) is 2.68. The molecule has 1 aliphatic rings. The molecule has 138 valence electrons. The highest BCUT2D eigenvalue weighted by Gasteiger charge is 2.38. The van der Waals surface area contributed by atoms with Crippen molar-refractivity contribution in [3.8, 4) is 0 Å². The van der Waals surface area contributed by atoms with E-state index in [9.17, 15) is 4.79 Å². The first-order chi connectivity index (χ1) is 12.1. The van der Waals surface area contributed by atoms with E-state index in [0.717, 1.165) is 6.42 Å². The van der Waals surface area contributed by atoms with E-state index >= 15 is 0 Å². The number of esters is 1. The van der Waals surface area contributed by atoms with Gasteiger partial charge in [0.15, 0.2) is 0 Å². The summed E-state index contributed by atoms with van der Waals surface area (Å²) in [6, 6.07) is 8.96.